The largest absolute Gasteiger partial charge is 0.465 e. The maximum absolute atomic E-state index is 11.7. The summed E-state index contributed by atoms with van der Waals surface area (Å²) in [5, 5.41) is 3.13. The van der Waals surface area contributed by atoms with Crippen LogP contribution >= 0.6 is 0 Å². The number of anilines is 1. The zero-order chi connectivity index (χ0) is 16.1. The van der Waals surface area contributed by atoms with E-state index in [1.54, 1.807) is 18.3 Å². The third-order valence-corrected chi connectivity index (χ3v) is 3.15. The van der Waals surface area contributed by atoms with Crippen LogP contribution in [0.4, 0.5) is 5.69 Å². The highest BCUT2D eigenvalue weighted by molar-refractivity contribution is 5.96. The zero-order valence-corrected chi connectivity index (χ0v) is 12.6. The van der Waals surface area contributed by atoms with Crippen molar-refractivity contribution in [2.24, 2.45) is 7.05 Å². The molecule has 0 unspecified atom stereocenters. The Morgan fingerprint density at radius 3 is 2.18 bits per heavy atom. The van der Waals surface area contributed by atoms with E-state index in [-0.39, 0.29) is 11.1 Å². The molecular formula is C15H17N3O4. The number of methoxy groups -OCH3 is 2. The predicted octanol–water partition coefficient (Wildman–Crippen LogP) is 1.61. The van der Waals surface area contributed by atoms with Gasteiger partial charge in [-0.1, -0.05) is 0 Å². The second kappa shape index (κ2) is 6.75. The van der Waals surface area contributed by atoms with Crippen LogP contribution in [-0.4, -0.2) is 35.7 Å². The number of nitrogens with one attached hydrogen (secondary N) is 1. The van der Waals surface area contributed by atoms with Crippen molar-refractivity contribution in [1.82, 2.24) is 9.55 Å². The first-order valence-electron chi connectivity index (χ1n) is 6.57. The molecule has 1 heterocycles. The number of hydrogen-bond acceptors (Lipinski definition) is 6. The number of aromatic nitrogens is 2. The lowest BCUT2D eigenvalue weighted by molar-refractivity contribution is 0.0599. The predicted molar refractivity (Wildman–Crippen MR) is 79.7 cm³/mol. The Bertz CT molecular complexity index is 660. The van der Waals surface area contributed by atoms with Crippen molar-refractivity contribution in [2.75, 3.05) is 19.5 Å². The number of hydrogen-bond donors (Lipinski definition) is 1. The number of rotatable bonds is 5. The van der Waals surface area contributed by atoms with Gasteiger partial charge in [0.2, 0.25) is 0 Å². The van der Waals surface area contributed by atoms with Crippen LogP contribution in [0.2, 0.25) is 0 Å². The van der Waals surface area contributed by atoms with Gasteiger partial charge in [0, 0.05) is 25.1 Å². The molecule has 0 saturated carbocycles. The minimum atomic E-state index is -0.522. The Balaban J connectivity index is 2.27. The summed E-state index contributed by atoms with van der Waals surface area (Å²) < 4.78 is 11.3. The van der Waals surface area contributed by atoms with E-state index in [9.17, 15) is 9.59 Å². The third-order valence-electron chi connectivity index (χ3n) is 3.15. The normalized spacial score (nSPS) is 10.1. The van der Waals surface area contributed by atoms with Crippen LogP contribution in [0, 0.1) is 0 Å². The summed E-state index contributed by atoms with van der Waals surface area (Å²) in [7, 11) is 4.46. The number of carbonyl (C=O) groups is 2. The average molecular weight is 303 g/mol. The number of nitrogens with zero attached hydrogens (tertiary/aromatic N) is 2. The van der Waals surface area contributed by atoms with E-state index in [0.29, 0.717) is 12.2 Å². The average Bonchev–Trinajstić information content (AvgIpc) is 2.96. The number of ether oxygens (including phenoxy) is 2. The fourth-order valence-corrected chi connectivity index (χ4v) is 1.95. The molecule has 7 heteroatoms. The second-order valence-corrected chi connectivity index (χ2v) is 4.59. The van der Waals surface area contributed by atoms with Crippen molar-refractivity contribution in [3.8, 4) is 0 Å². The van der Waals surface area contributed by atoms with Gasteiger partial charge < -0.3 is 19.4 Å². The van der Waals surface area contributed by atoms with Crippen LogP contribution in [0.15, 0.2) is 30.6 Å². The van der Waals surface area contributed by atoms with Gasteiger partial charge in [-0.2, -0.15) is 0 Å². The quantitative estimate of drug-likeness (QED) is 0.845. The fraction of sp³-hybridized carbons (Fsp3) is 0.267. The number of carbonyl (C=O) groups excluding carboxylic acids is 2. The van der Waals surface area contributed by atoms with Gasteiger partial charge >= 0.3 is 11.9 Å². The highest BCUT2D eigenvalue weighted by Crippen LogP contribution is 2.17. The van der Waals surface area contributed by atoms with Crippen LogP contribution in [0.1, 0.15) is 26.5 Å². The Morgan fingerprint density at radius 2 is 1.73 bits per heavy atom. The lowest BCUT2D eigenvalue weighted by atomic mass is 10.1. The number of benzene rings is 1. The molecule has 0 amide bonds. The van der Waals surface area contributed by atoms with Crippen molar-refractivity contribution >= 4 is 17.6 Å². The summed E-state index contributed by atoms with van der Waals surface area (Å²) in [5.41, 5.74) is 1.15. The molecule has 7 nitrogen and oxygen atoms in total. The molecule has 0 saturated heterocycles. The molecule has 22 heavy (non-hydrogen) atoms. The Morgan fingerprint density at radius 1 is 1.14 bits per heavy atom. The lowest BCUT2D eigenvalue weighted by Gasteiger charge is -2.10. The van der Waals surface area contributed by atoms with Crippen LogP contribution in [-0.2, 0) is 23.1 Å². The molecule has 0 spiro atoms. The summed E-state index contributed by atoms with van der Waals surface area (Å²) in [6, 6.07) is 4.66. The molecule has 0 aliphatic heterocycles. The molecule has 0 aliphatic carbocycles. The topological polar surface area (TPSA) is 82.5 Å². The van der Waals surface area contributed by atoms with Gasteiger partial charge in [-0.25, -0.2) is 14.6 Å². The van der Waals surface area contributed by atoms with Crippen LogP contribution < -0.4 is 5.32 Å². The molecule has 0 aliphatic rings. The summed E-state index contributed by atoms with van der Waals surface area (Å²) >= 11 is 0. The Kier molecular flexibility index (Phi) is 4.77. The summed E-state index contributed by atoms with van der Waals surface area (Å²) in [4.78, 5) is 27.6. The van der Waals surface area contributed by atoms with Crippen molar-refractivity contribution < 1.29 is 19.1 Å². The van der Waals surface area contributed by atoms with Crippen molar-refractivity contribution in [3.05, 3.63) is 47.5 Å². The molecule has 0 atom stereocenters. The van der Waals surface area contributed by atoms with E-state index in [2.05, 4.69) is 10.3 Å². The maximum atomic E-state index is 11.7. The third kappa shape index (κ3) is 3.43. The molecule has 1 aromatic carbocycles. The van der Waals surface area contributed by atoms with E-state index >= 15 is 0 Å². The molecule has 2 aromatic rings. The Hall–Kier alpha value is -2.83. The smallest absolute Gasteiger partial charge is 0.337 e. The molecule has 0 radical (unpaired) electrons. The van der Waals surface area contributed by atoms with Crippen LogP contribution in [0.5, 0.6) is 0 Å². The molecule has 1 aromatic heterocycles. The van der Waals surface area contributed by atoms with Gasteiger partial charge in [-0.15, -0.1) is 0 Å². The van der Waals surface area contributed by atoms with Gasteiger partial charge in [0.15, 0.2) is 0 Å². The summed E-state index contributed by atoms with van der Waals surface area (Å²) in [6.45, 7) is 0.453. The van der Waals surface area contributed by atoms with Gasteiger partial charge in [-0.05, 0) is 18.2 Å². The molecule has 2 rings (SSSR count). The highest BCUT2D eigenvalue weighted by atomic mass is 16.5. The fourth-order valence-electron chi connectivity index (χ4n) is 1.95. The maximum Gasteiger partial charge on any atom is 0.337 e. The lowest BCUT2D eigenvalue weighted by Crippen LogP contribution is -2.10. The SMILES string of the molecule is COC(=O)c1cc(NCc2nccn2C)cc(C(=O)OC)c1. The van der Waals surface area contributed by atoms with E-state index in [1.165, 1.54) is 20.3 Å². The van der Waals surface area contributed by atoms with E-state index in [0.717, 1.165) is 5.82 Å². The first-order valence-corrected chi connectivity index (χ1v) is 6.57. The molecule has 0 bridgehead atoms. The van der Waals surface area contributed by atoms with Gasteiger partial charge in [0.25, 0.3) is 0 Å². The van der Waals surface area contributed by atoms with E-state index in [1.807, 2.05) is 17.8 Å². The van der Waals surface area contributed by atoms with Gasteiger partial charge in [0.05, 0.1) is 31.9 Å². The van der Waals surface area contributed by atoms with E-state index in [4.69, 9.17) is 9.47 Å². The van der Waals surface area contributed by atoms with Crippen LogP contribution in [0.25, 0.3) is 0 Å². The summed E-state index contributed by atoms with van der Waals surface area (Å²) in [5.74, 6) is -0.223. The number of esters is 2. The van der Waals surface area contributed by atoms with Crippen molar-refractivity contribution in [2.45, 2.75) is 6.54 Å². The molecule has 1 N–H and O–H groups in total. The standard InChI is InChI=1S/C15H17N3O4/c1-18-5-4-16-13(18)9-17-12-7-10(14(19)21-2)6-11(8-12)15(20)22-3/h4-8,17H,9H2,1-3H3. The molecular weight excluding hydrogens is 286 g/mol. The van der Waals surface area contributed by atoms with Gasteiger partial charge in [-0.3, -0.25) is 0 Å². The van der Waals surface area contributed by atoms with Crippen molar-refractivity contribution in [1.29, 1.82) is 0 Å². The number of imidazole rings is 1. The van der Waals surface area contributed by atoms with Gasteiger partial charge in [0.1, 0.15) is 5.82 Å². The summed E-state index contributed by atoms with van der Waals surface area (Å²) in [6.07, 6.45) is 3.53. The molecule has 0 fully saturated rings. The first kappa shape index (κ1) is 15.6. The molecule has 116 valence electrons. The monoisotopic (exact) mass is 303 g/mol. The minimum Gasteiger partial charge on any atom is -0.465 e. The second-order valence-electron chi connectivity index (χ2n) is 4.59. The van der Waals surface area contributed by atoms with Crippen molar-refractivity contribution in [3.63, 3.8) is 0 Å². The number of aryl methyl sites for hydroxylation is 1. The highest BCUT2D eigenvalue weighted by Gasteiger charge is 2.14. The zero-order valence-electron chi connectivity index (χ0n) is 12.6. The van der Waals surface area contributed by atoms with Crippen LogP contribution in [0.3, 0.4) is 0 Å². The minimum absolute atomic E-state index is 0.271. The van der Waals surface area contributed by atoms with E-state index < -0.39 is 11.9 Å². The first-order chi connectivity index (χ1) is 10.5. The Labute approximate surface area is 127 Å².